The van der Waals surface area contributed by atoms with E-state index < -0.39 is 5.60 Å². The number of nitrogens with one attached hydrogen (secondary N) is 1. The minimum atomic E-state index is -0.448. The quantitative estimate of drug-likeness (QED) is 0.806. The summed E-state index contributed by atoms with van der Waals surface area (Å²) in [5.41, 5.74) is 1.74. The predicted octanol–water partition coefficient (Wildman–Crippen LogP) is 4.76. The molecule has 0 fully saturated rings. The Morgan fingerprint density at radius 1 is 1.30 bits per heavy atom. The maximum atomic E-state index is 12.0. The van der Waals surface area contributed by atoms with E-state index in [4.69, 9.17) is 4.74 Å². The van der Waals surface area contributed by atoms with Gasteiger partial charge in [-0.15, -0.1) is 0 Å². The molecule has 3 heteroatoms. The Bertz CT molecular complexity index is 491. The number of amides is 1. The maximum Gasteiger partial charge on any atom is 0.412 e. The summed E-state index contributed by atoms with van der Waals surface area (Å²) in [6, 6.07) is 9.38. The van der Waals surface area contributed by atoms with Gasteiger partial charge in [-0.05, 0) is 52.2 Å². The molecule has 0 aromatic heterocycles. The monoisotopic (exact) mass is 273 g/mol. The molecule has 0 bridgehead atoms. The standard InChI is InChI=1S/C17H23NO2/c1-13-9-11-14(12-10-13)17(2,3)20-16(19)18-15-7-5-4-6-8-15/h4-9,14H,10-12H2,1-3H3,(H,18,19)/t14-/m0/s1. The molecular formula is C17H23NO2. The number of carbonyl (C=O) groups excluding carboxylic acids is 1. The molecular weight excluding hydrogens is 250 g/mol. The van der Waals surface area contributed by atoms with Crippen molar-refractivity contribution in [3.05, 3.63) is 42.0 Å². The fourth-order valence-electron chi connectivity index (χ4n) is 2.58. The molecule has 1 aromatic rings. The lowest BCUT2D eigenvalue weighted by Crippen LogP contribution is -2.38. The van der Waals surface area contributed by atoms with Crippen LogP contribution < -0.4 is 5.32 Å². The zero-order valence-electron chi connectivity index (χ0n) is 12.5. The summed E-state index contributed by atoms with van der Waals surface area (Å²) in [6.45, 7) is 6.15. The van der Waals surface area contributed by atoms with Crippen LogP contribution in [0.15, 0.2) is 42.0 Å². The molecule has 1 aliphatic carbocycles. The molecule has 1 atom stereocenters. The molecule has 0 saturated carbocycles. The van der Waals surface area contributed by atoms with Gasteiger partial charge in [0.05, 0.1) is 0 Å². The number of carbonyl (C=O) groups is 1. The second kappa shape index (κ2) is 6.12. The summed E-state index contributed by atoms with van der Waals surface area (Å²) in [4.78, 5) is 12.0. The average molecular weight is 273 g/mol. The summed E-state index contributed by atoms with van der Waals surface area (Å²) in [5, 5.41) is 2.77. The predicted molar refractivity (Wildman–Crippen MR) is 81.7 cm³/mol. The van der Waals surface area contributed by atoms with Crippen molar-refractivity contribution < 1.29 is 9.53 Å². The first-order valence-electron chi connectivity index (χ1n) is 7.18. The van der Waals surface area contributed by atoms with E-state index in [9.17, 15) is 4.79 Å². The Balaban J connectivity index is 1.92. The first-order chi connectivity index (χ1) is 9.47. The first-order valence-corrected chi connectivity index (χ1v) is 7.18. The average Bonchev–Trinajstić information content (AvgIpc) is 2.39. The third kappa shape index (κ3) is 3.86. The molecule has 0 aliphatic heterocycles. The zero-order valence-corrected chi connectivity index (χ0v) is 12.5. The fourth-order valence-corrected chi connectivity index (χ4v) is 2.58. The smallest absolute Gasteiger partial charge is 0.412 e. The van der Waals surface area contributed by atoms with Crippen LogP contribution in [0.2, 0.25) is 0 Å². The number of allylic oxidation sites excluding steroid dienone is 2. The van der Waals surface area contributed by atoms with Gasteiger partial charge in [-0.2, -0.15) is 0 Å². The summed E-state index contributed by atoms with van der Waals surface area (Å²) in [7, 11) is 0. The van der Waals surface area contributed by atoms with Gasteiger partial charge in [-0.1, -0.05) is 29.8 Å². The van der Waals surface area contributed by atoms with Gasteiger partial charge in [0.1, 0.15) is 5.60 Å². The van der Waals surface area contributed by atoms with Gasteiger partial charge in [0.2, 0.25) is 0 Å². The van der Waals surface area contributed by atoms with Gasteiger partial charge < -0.3 is 4.74 Å². The number of hydrogen-bond donors (Lipinski definition) is 1. The van der Waals surface area contributed by atoms with Crippen LogP contribution in [0.5, 0.6) is 0 Å². The highest BCUT2D eigenvalue weighted by molar-refractivity contribution is 5.84. The molecule has 0 radical (unpaired) electrons. The van der Waals surface area contributed by atoms with Crippen molar-refractivity contribution in [1.82, 2.24) is 0 Å². The van der Waals surface area contributed by atoms with E-state index in [1.165, 1.54) is 5.57 Å². The molecule has 20 heavy (non-hydrogen) atoms. The molecule has 2 rings (SSSR count). The molecule has 108 valence electrons. The number of anilines is 1. The van der Waals surface area contributed by atoms with E-state index in [1.807, 2.05) is 44.2 Å². The molecule has 3 nitrogen and oxygen atoms in total. The van der Waals surface area contributed by atoms with Crippen LogP contribution in [0.1, 0.15) is 40.0 Å². The third-order valence-electron chi connectivity index (χ3n) is 4.00. The maximum absolute atomic E-state index is 12.0. The van der Waals surface area contributed by atoms with Crippen LogP contribution in [-0.2, 0) is 4.74 Å². The van der Waals surface area contributed by atoms with E-state index in [2.05, 4.69) is 18.3 Å². The summed E-state index contributed by atoms with van der Waals surface area (Å²) < 4.78 is 5.64. The number of ether oxygens (including phenoxy) is 1. The van der Waals surface area contributed by atoms with Crippen molar-refractivity contribution in [3.8, 4) is 0 Å². The van der Waals surface area contributed by atoms with Crippen molar-refractivity contribution in [2.75, 3.05) is 5.32 Å². The summed E-state index contributed by atoms with van der Waals surface area (Å²) >= 11 is 0. The molecule has 0 saturated heterocycles. The molecule has 1 N–H and O–H groups in total. The highest BCUT2D eigenvalue weighted by atomic mass is 16.6. The van der Waals surface area contributed by atoms with Crippen molar-refractivity contribution >= 4 is 11.8 Å². The molecule has 0 heterocycles. The van der Waals surface area contributed by atoms with Crippen molar-refractivity contribution in [2.24, 2.45) is 5.92 Å². The highest BCUT2D eigenvalue weighted by Crippen LogP contribution is 2.34. The van der Waals surface area contributed by atoms with Crippen LogP contribution in [-0.4, -0.2) is 11.7 Å². The van der Waals surface area contributed by atoms with Crippen LogP contribution in [0.4, 0.5) is 10.5 Å². The van der Waals surface area contributed by atoms with Gasteiger partial charge in [0, 0.05) is 11.6 Å². The van der Waals surface area contributed by atoms with E-state index in [0.717, 1.165) is 24.9 Å². The highest BCUT2D eigenvalue weighted by Gasteiger charge is 2.33. The summed E-state index contributed by atoms with van der Waals surface area (Å²) in [6.07, 6.45) is 5.03. The SMILES string of the molecule is CC1=CC[C@H](C(C)(C)OC(=O)Nc2ccccc2)CC1. The van der Waals surface area contributed by atoms with E-state index in [-0.39, 0.29) is 6.09 Å². The molecule has 0 spiro atoms. The van der Waals surface area contributed by atoms with Crippen molar-refractivity contribution in [3.63, 3.8) is 0 Å². The van der Waals surface area contributed by atoms with Gasteiger partial charge in [-0.3, -0.25) is 5.32 Å². The van der Waals surface area contributed by atoms with Crippen LogP contribution in [0.25, 0.3) is 0 Å². The minimum absolute atomic E-state index is 0.382. The third-order valence-corrected chi connectivity index (χ3v) is 4.00. The Morgan fingerprint density at radius 2 is 2.00 bits per heavy atom. The lowest BCUT2D eigenvalue weighted by atomic mass is 9.79. The first kappa shape index (κ1) is 14.6. The molecule has 0 unspecified atom stereocenters. The van der Waals surface area contributed by atoms with Gasteiger partial charge >= 0.3 is 6.09 Å². The molecule has 1 amide bonds. The van der Waals surface area contributed by atoms with Gasteiger partial charge in [0.15, 0.2) is 0 Å². The fraction of sp³-hybridized carbons (Fsp3) is 0.471. The normalized spacial score (nSPS) is 19.1. The van der Waals surface area contributed by atoms with Crippen LogP contribution >= 0.6 is 0 Å². The lowest BCUT2D eigenvalue weighted by molar-refractivity contribution is -0.00232. The van der Waals surface area contributed by atoms with Crippen molar-refractivity contribution in [2.45, 2.75) is 45.6 Å². The van der Waals surface area contributed by atoms with Gasteiger partial charge in [0.25, 0.3) is 0 Å². The Hall–Kier alpha value is -1.77. The van der Waals surface area contributed by atoms with E-state index >= 15 is 0 Å². The Kier molecular flexibility index (Phi) is 4.48. The second-order valence-corrected chi connectivity index (χ2v) is 6.01. The number of benzene rings is 1. The Labute approximate surface area is 121 Å². The largest absolute Gasteiger partial charge is 0.443 e. The molecule has 1 aromatic carbocycles. The number of para-hydroxylation sites is 1. The zero-order chi connectivity index (χ0) is 14.6. The van der Waals surface area contributed by atoms with E-state index in [1.54, 1.807) is 0 Å². The summed E-state index contributed by atoms with van der Waals surface area (Å²) in [5.74, 6) is 0.382. The second-order valence-electron chi connectivity index (χ2n) is 6.01. The van der Waals surface area contributed by atoms with Crippen molar-refractivity contribution in [1.29, 1.82) is 0 Å². The van der Waals surface area contributed by atoms with Gasteiger partial charge in [-0.25, -0.2) is 4.79 Å². The minimum Gasteiger partial charge on any atom is -0.443 e. The number of hydrogen-bond acceptors (Lipinski definition) is 2. The lowest BCUT2D eigenvalue weighted by Gasteiger charge is -2.35. The Morgan fingerprint density at radius 3 is 2.60 bits per heavy atom. The number of rotatable bonds is 3. The molecule has 1 aliphatic rings. The van der Waals surface area contributed by atoms with E-state index in [0.29, 0.717) is 5.92 Å². The van der Waals surface area contributed by atoms with Crippen LogP contribution in [0.3, 0.4) is 0 Å². The van der Waals surface area contributed by atoms with Crippen LogP contribution in [0, 0.1) is 5.92 Å². The topological polar surface area (TPSA) is 38.3 Å².